The molecule has 0 unspecified atom stereocenters. The Morgan fingerprint density at radius 1 is 1.40 bits per heavy atom. The molecule has 2 aromatic rings. The third-order valence-corrected chi connectivity index (χ3v) is 2.72. The fourth-order valence-electron chi connectivity index (χ4n) is 1.67. The van der Waals surface area contributed by atoms with Crippen LogP contribution in [0.15, 0.2) is 18.5 Å². The maximum atomic E-state index is 11.6. The lowest BCUT2D eigenvalue weighted by Gasteiger charge is -2.04. The van der Waals surface area contributed by atoms with Gasteiger partial charge in [-0.05, 0) is 13.3 Å². The lowest BCUT2D eigenvalue weighted by Crippen LogP contribution is -2.05. The molecule has 2 aromatic heterocycles. The molecule has 0 aliphatic rings. The van der Waals surface area contributed by atoms with E-state index in [1.54, 1.807) is 19.2 Å². The van der Waals surface area contributed by atoms with Gasteiger partial charge >= 0.3 is 5.97 Å². The van der Waals surface area contributed by atoms with Gasteiger partial charge in [-0.15, -0.1) is 0 Å². The molecule has 0 atom stereocenters. The average molecular weight is 295 g/mol. The zero-order chi connectivity index (χ0) is 14.5. The predicted molar refractivity (Wildman–Crippen MR) is 74.1 cm³/mol. The third kappa shape index (κ3) is 3.33. The Bertz CT molecular complexity index is 612. The number of rotatable bonds is 5. The Hall–Kier alpha value is -1.95. The lowest BCUT2D eigenvalue weighted by molar-refractivity contribution is 0.0526. The molecule has 0 aliphatic heterocycles. The molecule has 0 spiro atoms. The van der Waals surface area contributed by atoms with Crippen molar-refractivity contribution < 1.29 is 9.53 Å². The van der Waals surface area contributed by atoms with E-state index in [1.807, 2.05) is 6.92 Å². The number of hydrogen-bond donors (Lipinski definition) is 0. The standard InChI is InChI=1S/C13H15ClN4O2/c1-3-5-11-16-10(14)6-12(17-11)18-8-9(7-15-18)13(19)20-4-2/h6-8H,3-5H2,1-2H3. The van der Waals surface area contributed by atoms with Crippen LogP contribution >= 0.6 is 11.6 Å². The normalized spacial score (nSPS) is 10.6. The number of hydrogen-bond acceptors (Lipinski definition) is 5. The maximum Gasteiger partial charge on any atom is 0.341 e. The van der Waals surface area contributed by atoms with Crippen molar-refractivity contribution in [2.45, 2.75) is 26.7 Å². The molecule has 0 amide bonds. The molecule has 0 aromatic carbocycles. The van der Waals surface area contributed by atoms with Gasteiger partial charge in [0.05, 0.1) is 18.4 Å². The van der Waals surface area contributed by atoms with E-state index in [-0.39, 0.29) is 0 Å². The van der Waals surface area contributed by atoms with Gasteiger partial charge in [0.1, 0.15) is 11.0 Å². The summed E-state index contributed by atoms with van der Waals surface area (Å²) in [4.78, 5) is 20.1. The molecular formula is C13H15ClN4O2. The summed E-state index contributed by atoms with van der Waals surface area (Å²) in [5, 5.41) is 4.45. The maximum absolute atomic E-state index is 11.6. The number of aromatic nitrogens is 4. The highest BCUT2D eigenvalue weighted by atomic mass is 35.5. The second-order valence-electron chi connectivity index (χ2n) is 4.11. The first-order valence-corrected chi connectivity index (χ1v) is 6.77. The summed E-state index contributed by atoms with van der Waals surface area (Å²) >= 11 is 5.97. The monoisotopic (exact) mass is 294 g/mol. The van der Waals surface area contributed by atoms with Crippen LogP contribution in [-0.4, -0.2) is 32.3 Å². The van der Waals surface area contributed by atoms with E-state index in [1.165, 1.54) is 10.9 Å². The van der Waals surface area contributed by atoms with Crippen LogP contribution in [0.25, 0.3) is 5.82 Å². The van der Waals surface area contributed by atoms with Crippen molar-refractivity contribution in [1.82, 2.24) is 19.7 Å². The number of carbonyl (C=O) groups is 1. The Labute approximate surface area is 121 Å². The SMILES string of the molecule is CCCc1nc(Cl)cc(-n2cc(C(=O)OCC)cn2)n1. The zero-order valence-electron chi connectivity index (χ0n) is 11.3. The van der Waals surface area contributed by atoms with Crippen molar-refractivity contribution in [3.8, 4) is 5.82 Å². The van der Waals surface area contributed by atoms with Crippen LogP contribution in [-0.2, 0) is 11.2 Å². The van der Waals surface area contributed by atoms with Gasteiger partial charge < -0.3 is 4.74 Å². The van der Waals surface area contributed by atoms with Crippen molar-refractivity contribution in [2.24, 2.45) is 0 Å². The van der Waals surface area contributed by atoms with Gasteiger partial charge in [0.25, 0.3) is 0 Å². The number of aryl methyl sites for hydroxylation is 1. The van der Waals surface area contributed by atoms with E-state index < -0.39 is 5.97 Å². The Morgan fingerprint density at radius 2 is 2.20 bits per heavy atom. The molecular weight excluding hydrogens is 280 g/mol. The molecule has 20 heavy (non-hydrogen) atoms. The van der Waals surface area contributed by atoms with E-state index in [9.17, 15) is 4.79 Å². The second-order valence-corrected chi connectivity index (χ2v) is 4.50. The van der Waals surface area contributed by atoms with Crippen LogP contribution in [0, 0.1) is 0 Å². The van der Waals surface area contributed by atoms with E-state index in [2.05, 4.69) is 15.1 Å². The van der Waals surface area contributed by atoms with Crippen LogP contribution < -0.4 is 0 Å². The Kier molecular flexibility index (Phi) is 4.68. The summed E-state index contributed by atoms with van der Waals surface area (Å²) in [6, 6.07) is 1.60. The first-order valence-electron chi connectivity index (χ1n) is 6.39. The summed E-state index contributed by atoms with van der Waals surface area (Å²) in [7, 11) is 0. The number of nitrogens with zero attached hydrogens (tertiary/aromatic N) is 4. The topological polar surface area (TPSA) is 69.9 Å². The first kappa shape index (κ1) is 14.5. The molecule has 7 heteroatoms. The summed E-state index contributed by atoms with van der Waals surface area (Å²) in [6.45, 7) is 4.12. The van der Waals surface area contributed by atoms with Crippen LogP contribution in [0.4, 0.5) is 0 Å². The van der Waals surface area contributed by atoms with Gasteiger partial charge in [-0.25, -0.2) is 19.4 Å². The number of halogens is 1. The number of carbonyl (C=O) groups excluding carboxylic acids is 1. The van der Waals surface area contributed by atoms with Crippen LogP contribution in [0.1, 0.15) is 36.5 Å². The van der Waals surface area contributed by atoms with E-state index >= 15 is 0 Å². The molecule has 0 N–H and O–H groups in total. The molecule has 106 valence electrons. The molecule has 0 fully saturated rings. The summed E-state index contributed by atoms with van der Waals surface area (Å²) in [6.07, 6.45) is 4.66. The molecule has 0 bridgehead atoms. The van der Waals surface area contributed by atoms with E-state index in [4.69, 9.17) is 16.3 Å². The van der Waals surface area contributed by atoms with E-state index in [0.717, 1.165) is 12.8 Å². The quantitative estimate of drug-likeness (QED) is 0.626. The van der Waals surface area contributed by atoms with Gasteiger partial charge in [-0.2, -0.15) is 5.10 Å². The lowest BCUT2D eigenvalue weighted by atomic mass is 10.3. The smallest absolute Gasteiger partial charge is 0.341 e. The zero-order valence-corrected chi connectivity index (χ0v) is 12.1. The number of esters is 1. The predicted octanol–water partition coefficient (Wildman–Crippen LogP) is 2.44. The fourth-order valence-corrected chi connectivity index (χ4v) is 1.87. The molecule has 0 saturated heterocycles. The molecule has 0 radical (unpaired) electrons. The molecule has 2 rings (SSSR count). The fraction of sp³-hybridized carbons (Fsp3) is 0.385. The van der Waals surface area contributed by atoms with Crippen molar-refractivity contribution in [3.05, 3.63) is 35.0 Å². The van der Waals surface area contributed by atoms with Gasteiger partial charge in [0.15, 0.2) is 5.82 Å². The minimum Gasteiger partial charge on any atom is -0.462 e. The average Bonchev–Trinajstić information content (AvgIpc) is 2.88. The van der Waals surface area contributed by atoms with Crippen LogP contribution in [0.2, 0.25) is 5.15 Å². The second kappa shape index (κ2) is 6.47. The highest BCUT2D eigenvalue weighted by molar-refractivity contribution is 6.29. The van der Waals surface area contributed by atoms with Gasteiger partial charge in [0.2, 0.25) is 0 Å². The third-order valence-electron chi connectivity index (χ3n) is 2.53. The minimum atomic E-state index is -0.410. The largest absolute Gasteiger partial charge is 0.462 e. The van der Waals surface area contributed by atoms with Gasteiger partial charge in [-0.3, -0.25) is 0 Å². The van der Waals surface area contributed by atoms with Gasteiger partial charge in [0, 0.05) is 18.7 Å². The van der Waals surface area contributed by atoms with Crippen molar-refractivity contribution in [3.63, 3.8) is 0 Å². The molecule has 2 heterocycles. The first-order chi connectivity index (χ1) is 9.63. The van der Waals surface area contributed by atoms with E-state index in [0.29, 0.717) is 29.0 Å². The number of ether oxygens (including phenoxy) is 1. The minimum absolute atomic E-state index is 0.323. The van der Waals surface area contributed by atoms with Crippen molar-refractivity contribution >= 4 is 17.6 Å². The Balaban J connectivity index is 2.29. The van der Waals surface area contributed by atoms with Gasteiger partial charge in [-0.1, -0.05) is 18.5 Å². The van der Waals surface area contributed by atoms with Crippen LogP contribution in [0.5, 0.6) is 0 Å². The molecule has 0 saturated carbocycles. The molecule has 6 nitrogen and oxygen atoms in total. The summed E-state index contributed by atoms with van der Waals surface area (Å²) in [5.74, 6) is 0.778. The van der Waals surface area contributed by atoms with Crippen LogP contribution in [0.3, 0.4) is 0 Å². The summed E-state index contributed by atoms with van der Waals surface area (Å²) in [5.41, 5.74) is 0.374. The van der Waals surface area contributed by atoms with Crippen molar-refractivity contribution in [2.75, 3.05) is 6.61 Å². The summed E-state index contributed by atoms with van der Waals surface area (Å²) < 4.78 is 6.40. The highest BCUT2D eigenvalue weighted by Crippen LogP contribution is 2.13. The highest BCUT2D eigenvalue weighted by Gasteiger charge is 2.12. The molecule has 0 aliphatic carbocycles. The van der Waals surface area contributed by atoms with Crippen molar-refractivity contribution in [1.29, 1.82) is 0 Å². The Morgan fingerprint density at radius 3 is 2.90 bits per heavy atom.